The summed E-state index contributed by atoms with van der Waals surface area (Å²) in [6, 6.07) is 3.91. The van der Waals surface area contributed by atoms with E-state index in [1.54, 1.807) is 14.2 Å². The van der Waals surface area contributed by atoms with Gasteiger partial charge in [0.1, 0.15) is 0 Å². The Balaban J connectivity index is 2.36. The fourth-order valence-electron chi connectivity index (χ4n) is 3.07. The number of ketones is 1. The topological polar surface area (TPSA) is 35.5 Å². The van der Waals surface area contributed by atoms with Crippen molar-refractivity contribution in [2.75, 3.05) is 14.2 Å². The molecule has 1 aliphatic carbocycles. The van der Waals surface area contributed by atoms with Crippen molar-refractivity contribution in [3.8, 4) is 11.5 Å². The summed E-state index contributed by atoms with van der Waals surface area (Å²) in [5.41, 5.74) is 3.94. The molecule has 0 aliphatic heterocycles. The van der Waals surface area contributed by atoms with E-state index >= 15 is 0 Å². The zero-order valence-corrected chi connectivity index (χ0v) is 15.3. The summed E-state index contributed by atoms with van der Waals surface area (Å²) >= 11 is 0. The van der Waals surface area contributed by atoms with Gasteiger partial charge in [-0.1, -0.05) is 39.2 Å². The van der Waals surface area contributed by atoms with Crippen LogP contribution in [0.5, 0.6) is 11.5 Å². The Labute approximate surface area is 145 Å². The summed E-state index contributed by atoms with van der Waals surface area (Å²) in [5.74, 6) is 1.53. The van der Waals surface area contributed by atoms with Crippen molar-refractivity contribution in [1.29, 1.82) is 0 Å². The quantitative estimate of drug-likeness (QED) is 0.567. The fraction of sp³-hybridized carbons (Fsp3) is 0.476. The molecule has 0 radical (unpaired) electrons. The molecule has 0 bridgehead atoms. The van der Waals surface area contributed by atoms with Gasteiger partial charge in [-0.05, 0) is 47.8 Å². The lowest BCUT2D eigenvalue weighted by molar-refractivity contribution is -0.113. The molecular formula is C21H28O3. The Morgan fingerprint density at radius 3 is 2.25 bits per heavy atom. The molecule has 130 valence electrons. The molecule has 0 atom stereocenters. The highest BCUT2D eigenvalue weighted by Gasteiger charge is 2.25. The third-order valence-electron chi connectivity index (χ3n) is 4.47. The maximum absolute atomic E-state index is 12.3. The van der Waals surface area contributed by atoms with E-state index in [1.165, 1.54) is 25.7 Å². The van der Waals surface area contributed by atoms with E-state index in [1.807, 2.05) is 25.1 Å². The smallest absolute Gasteiger partial charge is 0.163 e. The van der Waals surface area contributed by atoms with Gasteiger partial charge in [-0.3, -0.25) is 4.79 Å². The number of unbranched alkanes of at least 4 members (excludes halogenated alkanes) is 4. The average Bonchev–Trinajstić information content (AvgIpc) is 2.97. The minimum absolute atomic E-state index is 0.165. The number of carbonyl (C=O) groups excluding carboxylic acids is 1. The van der Waals surface area contributed by atoms with Crippen molar-refractivity contribution in [3.63, 3.8) is 0 Å². The SMILES string of the molecule is CCCCCC/C=C1\C=C(C(=O)CC)c2cc(OC)c(OC)cc21. The molecule has 0 amide bonds. The number of carbonyl (C=O) groups is 1. The van der Waals surface area contributed by atoms with Crippen LogP contribution >= 0.6 is 0 Å². The third-order valence-corrected chi connectivity index (χ3v) is 4.47. The predicted molar refractivity (Wildman–Crippen MR) is 99.6 cm³/mol. The normalized spacial score (nSPS) is 14.5. The second kappa shape index (κ2) is 8.72. The monoisotopic (exact) mass is 328 g/mol. The van der Waals surface area contributed by atoms with Gasteiger partial charge in [0.2, 0.25) is 0 Å². The predicted octanol–water partition coefficient (Wildman–Crippen LogP) is 5.43. The van der Waals surface area contributed by atoms with E-state index in [9.17, 15) is 4.79 Å². The second-order valence-corrected chi connectivity index (χ2v) is 6.10. The van der Waals surface area contributed by atoms with Crippen LogP contribution in [0.1, 0.15) is 63.5 Å². The summed E-state index contributed by atoms with van der Waals surface area (Å²) in [6.07, 6.45) is 10.8. The Morgan fingerprint density at radius 2 is 1.67 bits per heavy atom. The first-order valence-corrected chi connectivity index (χ1v) is 8.88. The largest absolute Gasteiger partial charge is 0.493 e. The molecule has 24 heavy (non-hydrogen) atoms. The van der Waals surface area contributed by atoms with Crippen LogP contribution in [-0.2, 0) is 4.79 Å². The first-order valence-electron chi connectivity index (χ1n) is 8.88. The standard InChI is InChI=1S/C21H28O3/c1-5-7-8-9-10-11-15-12-18(19(22)6-2)17-14-21(24-4)20(23-3)13-16(15)17/h11-14H,5-10H2,1-4H3/b15-11+. The van der Waals surface area contributed by atoms with Crippen molar-refractivity contribution in [2.24, 2.45) is 0 Å². The van der Waals surface area contributed by atoms with Crippen LogP contribution in [0.25, 0.3) is 11.1 Å². The second-order valence-electron chi connectivity index (χ2n) is 6.10. The lowest BCUT2D eigenvalue weighted by Gasteiger charge is -2.12. The Hall–Kier alpha value is -2.03. The van der Waals surface area contributed by atoms with Crippen molar-refractivity contribution >= 4 is 16.9 Å². The highest BCUT2D eigenvalue weighted by molar-refractivity contribution is 6.26. The van der Waals surface area contributed by atoms with Crippen molar-refractivity contribution in [1.82, 2.24) is 0 Å². The van der Waals surface area contributed by atoms with Crippen molar-refractivity contribution < 1.29 is 14.3 Å². The first kappa shape index (κ1) is 18.3. The molecule has 2 rings (SSSR count). The van der Waals surface area contributed by atoms with E-state index in [0.29, 0.717) is 17.9 Å². The molecule has 0 saturated carbocycles. The summed E-state index contributed by atoms with van der Waals surface area (Å²) in [6.45, 7) is 4.12. The van der Waals surface area contributed by atoms with Crippen LogP contribution in [0.4, 0.5) is 0 Å². The van der Waals surface area contributed by atoms with Gasteiger partial charge in [-0.25, -0.2) is 0 Å². The van der Waals surface area contributed by atoms with E-state index in [-0.39, 0.29) is 5.78 Å². The molecule has 0 saturated heterocycles. The lowest BCUT2D eigenvalue weighted by atomic mass is 9.99. The van der Waals surface area contributed by atoms with Gasteiger partial charge < -0.3 is 9.47 Å². The highest BCUT2D eigenvalue weighted by Crippen LogP contribution is 2.42. The zero-order valence-electron chi connectivity index (χ0n) is 15.3. The van der Waals surface area contributed by atoms with Gasteiger partial charge in [0.25, 0.3) is 0 Å². The fourth-order valence-corrected chi connectivity index (χ4v) is 3.07. The molecule has 0 heterocycles. The van der Waals surface area contributed by atoms with Crippen LogP contribution < -0.4 is 9.47 Å². The molecule has 1 aliphatic rings. The maximum Gasteiger partial charge on any atom is 0.163 e. The third kappa shape index (κ3) is 3.89. The highest BCUT2D eigenvalue weighted by atomic mass is 16.5. The zero-order chi connectivity index (χ0) is 17.5. The molecule has 0 N–H and O–H groups in total. The minimum atomic E-state index is 0.165. The molecule has 0 unspecified atom stereocenters. The summed E-state index contributed by atoms with van der Waals surface area (Å²) in [5, 5.41) is 0. The number of benzene rings is 1. The number of rotatable bonds is 9. The van der Waals surface area contributed by atoms with Crippen LogP contribution in [-0.4, -0.2) is 20.0 Å². The summed E-state index contributed by atoms with van der Waals surface area (Å²) in [4.78, 5) is 12.3. The summed E-state index contributed by atoms with van der Waals surface area (Å²) in [7, 11) is 3.26. The maximum atomic E-state index is 12.3. The molecule has 1 aromatic carbocycles. The Morgan fingerprint density at radius 1 is 1.00 bits per heavy atom. The Kier molecular flexibility index (Phi) is 6.65. The van der Waals surface area contributed by atoms with Gasteiger partial charge in [-0.2, -0.15) is 0 Å². The lowest BCUT2D eigenvalue weighted by Crippen LogP contribution is -2.00. The van der Waals surface area contributed by atoms with E-state index < -0.39 is 0 Å². The summed E-state index contributed by atoms with van der Waals surface area (Å²) < 4.78 is 10.8. The van der Waals surface area contributed by atoms with E-state index in [4.69, 9.17) is 9.47 Å². The molecular weight excluding hydrogens is 300 g/mol. The number of hydrogen-bond donors (Lipinski definition) is 0. The minimum Gasteiger partial charge on any atom is -0.493 e. The van der Waals surface area contributed by atoms with E-state index in [0.717, 1.165) is 28.7 Å². The molecule has 1 aromatic rings. The van der Waals surface area contributed by atoms with E-state index in [2.05, 4.69) is 13.0 Å². The number of Topliss-reactive ketones (excluding diaryl/α,β-unsaturated/α-hetero) is 1. The van der Waals surface area contributed by atoms with Crippen molar-refractivity contribution in [2.45, 2.75) is 52.4 Å². The van der Waals surface area contributed by atoms with Gasteiger partial charge in [0, 0.05) is 12.0 Å². The number of ether oxygens (including phenoxy) is 2. The van der Waals surface area contributed by atoms with Crippen LogP contribution in [0.3, 0.4) is 0 Å². The first-order chi connectivity index (χ1) is 11.7. The molecule has 0 spiro atoms. The van der Waals surface area contributed by atoms with Gasteiger partial charge in [0.05, 0.1) is 14.2 Å². The average molecular weight is 328 g/mol. The molecule has 0 aromatic heterocycles. The van der Waals surface area contributed by atoms with Gasteiger partial charge in [-0.15, -0.1) is 0 Å². The molecule has 3 heteroatoms. The van der Waals surface area contributed by atoms with Crippen molar-refractivity contribution in [3.05, 3.63) is 35.4 Å². The Bertz CT molecular complexity index is 653. The van der Waals surface area contributed by atoms with Crippen LogP contribution in [0.2, 0.25) is 0 Å². The van der Waals surface area contributed by atoms with Crippen LogP contribution in [0.15, 0.2) is 24.3 Å². The molecule has 3 nitrogen and oxygen atoms in total. The van der Waals surface area contributed by atoms with Gasteiger partial charge >= 0.3 is 0 Å². The van der Waals surface area contributed by atoms with Gasteiger partial charge in [0.15, 0.2) is 17.3 Å². The number of methoxy groups -OCH3 is 2. The number of allylic oxidation sites excluding steroid dienone is 4. The number of hydrogen-bond acceptors (Lipinski definition) is 3. The van der Waals surface area contributed by atoms with Crippen LogP contribution in [0, 0.1) is 0 Å². The number of fused-ring (bicyclic) bond motifs is 1. The molecule has 0 fully saturated rings.